The van der Waals surface area contributed by atoms with Gasteiger partial charge in [0.25, 0.3) is 0 Å². The van der Waals surface area contributed by atoms with Gasteiger partial charge in [0, 0.05) is 12.7 Å². The standard InChI is InChI=1S/C11H11F3N2O3/c1-16(5-9(15)17)6-2-3-7(10(18)19)8(4-6)11(12,13)14/h2-4H,5H2,1H3,(H2,15,17)(H,18,19). The van der Waals surface area contributed by atoms with Gasteiger partial charge in [-0.1, -0.05) is 0 Å². The fourth-order valence-electron chi connectivity index (χ4n) is 1.52. The first kappa shape index (κ1) is 14.8. The molecule has 1 aromatic carbocycles. The van der Waals surface area contributed by atoms with Crippen LogP contribution < -0.4 is 10.6 Å². The van der Waals surface area contributed by atoms with Crippen molar-refractivity contribution >= 4 is 17.6 Å². The van der Waals surface area contributed by atoms with Gasteiger partial charge in [0.1, 0.15) is 0 Å². The molecule has 1 rings (SSSR count). The van der Waals surface area contributed by atoms with Crippen molar-refractivity contribution in [3.63, 3.8) is 0 Å². The van der Waals surface area contributed by atoms with Gasteiger partial charge in [-0.25, -0.2) is 4.79 Å². The van der Waals surface area contributed by atoms with E-state index in [1.807, 2.05) is 0 Å². The number of primary amides is 1. The van der Waals surface area contributed by atoms with Crippen LogP contribution in [0.5, 0.6) is 0 Å². The summed E-state index contributed by atoms with van der Waals surface area (Å²) in [4.78, 5) is 22.6. The monoisotopic (exact) mass is 276 g/mol. The molecule has 8 heteroatoms. The van der Waals surface area contributed by atoms with Gasteiger partial charge in [0.15, 0.2) is 0 Å². The molecule has 0 saturated carbocycles. The Labute approximate surface area is 106 Å². The second-order valence-corrected chi connectivity index (χ2v) is 3.86. The van der Waals surface area contributed by atoms with Gasteiger partial charge in [-0.05, 0) is 18.2 Å². The molecule has 0 spiro atoms. The molecule has 0 unspecified atom stereocenters. The minimum Gasteiger partial charge on any atom is -0.478 e. The van der Waals surface area contributed by atoms with Crippen molar-refractivity contribution in [2.45, 2.75) is 6.18 Å². The largest absolute Gasteiger partial charge is 0.478 e. The molecule has 3 N–H and O–H groups in total. The third-order valence-corrected chi connectivity index (χ3v) is 2.37. The molecule has 0 aliphatic carbocycles. The van der Waals surface area contributed by atoms with Gasteiger partial charge in [0.2, 0.25) is 5.91 Å². The number of hydrogen-bond donors (Lipinski definition) is 2. The smallest absolute Gasteiger partial charge is 0.417 e. The van der Waals surface area contributed by atoms with Crippen LogP contribution in [0.1, 0.15) is 15.9 Å². The van der Waals surface area contributed by atoms with E-state index >= 15 is 0 Å². The lowest BCUT2D eigenvalue weighted by Crippen LogP contribution is -2.30. The van der Waals surface area contributed by atoms with Gasteiger partial charge in [0.05, 0.1) is 17.7 Å². The number of hydrogen-bond acceptors (Lipinski definition) is 3. The maximum Gasteiger partial charge on any atom is 0.417 e. The number of amides is 1. The van der Waals surface area contributed by atoms with Crippen LogP contribution in [0.15, 0.2) is 18.2 Å². The second-order valence-electron chi connectivity index (χ2n) is 3.86. The zero-order valence-corrected chi connectivity index (χ0v) is 9.86. The summed E-state index contributed by atoms with van der Waals surface area (Å²) in [6.45, 7) is -0.274. The molecule has 0 aliphatic rings. The van der Waals surface area contributed by atoms with E-state index in [4.69, 9.17) is 10.8 Å². The Kier molecular flexibility index (Phi) is 4.03. The first-order valence-electron chi connectivity index (χ1n) is 5.07. The minimum atomic E-state index is -4.79. The number of aromatic carboxylic acids is 1. The molecule has 0 bridgehead atoms. The third kappa shape index (κ3) is 3.60. The molecular formula is C11H11F3N2O3. The van der Waals surface area contributed by atoms with Crippen LogP contribution in [0.3, 0.4) is 0 Å². The molecule has 0 fully saturated rings. The van der Waals surface area contributed by atoms with E-state index in [0.717, 1.165) is 6.07 Å². The Bertz CT molecular complexity index is 514. The Hall–Kier alpha value is -2.25. The zero-order chi connectivity index (χ0) is 14.8. The fourth-order valence-corrected chi connectivity index (χ4v) is 1.52. The molecule has 0 radical (unpaired) electrons. The quantitative estimate of drug-likeness (QED) is 0.868. The molecule has 0 saturated heterocycles. The van der Waals surface area contributed by atoms with E-state index in [1.165, 1.54) is 18.0 Å². The number of carbonyl (C=O) groups is 2. The van der Waals surface area contributed by atoms with E-state index in [2.05, 4.69) is 0 Å². The number of carboxylic acid groups (broad SMARTS) is 1. The maximum atomic E-state index is 12.7. The van der Waals surface area contributed by atoms with Gasteiger partial charge in [-0.3, -0.25) is 4.79 Å². The zero-order valence-electron chi connectivity index (χ0n) is 9.86. The van der Waals surface area contributed by atoms with Gasteiger partial charge < -0.3 is 15.7 Å². The van der Waals surface area contributed by atoms with Crippen molar-refractivity contribution in [1.82, 2.24) is 0 Å². The molecule has 1 amide bonds. The van der Waals surface area contributed by atoms with Gasteiger partial charge in [-0.15, -0.1) is 0 Å². The van der Waals surface area contributed by atoms with Crippen LogP contribution >= 0.6 is 0 Å². The highest BCUT2D eigenvalue weighted by Gasteiger charge is 2.35. The van der Waals surface area contributed by atoms with E-state index in [1.54, 1.807) is 0 Å². The Morgan fingerprint density at radius 3 is 2.37 bits per heavy atom. The number of halogens is 3. The van der Waals surface area contributed by atoms with Crippen molar-refractivity contribution in [1.29, 1.82) is 0 Å². The number of likely N-dealkylation sites (N-methyl/N-ethyl adjacent to an activating group) is 1. The van der Waals surface area contributed by atoms with Crippen molar-refractivity contribution in [2.24, 2.45) is 5.73 Å². The minimum absolute atomic E-state index is 0.0520. The van der Waals surface area contributed by atoms with Crippen molar-refractivity contribution in [3.8, 4) is 0 Å². The average molecular weight is 276 g/mol. The Morgan fingerprint density at radius 2 is 1.95 bits per heavy atom. The summed E-state index contributed by atoms with van der Waals surface area (Å²) in [7, 11) is 1.38. The number of nitrogens with two attached hydrogens (primary N) is 1. The molecule has 0 heterocycles. The van der Waals surface area contributed by atoms with Crippen LogP contribution in [0, 0.1) is 0 Å². The molecule has 0 atom stereocenters. The van der Waals surface area contributed by atoms with Crippen LogP contribution in [-0.2, 0) is 11.0 Å². The van der Waals surface area contributed by atoms with Crippen LogP contribution in [0.2, 0.25) is 0 Å². The first-order chi connectivity index (χ1) is 8.62. The average Bonchev–Trinajstić information content (AvgIpc) is 2.25. The summed E-state index contributed by atoms with van der Waals surface area (Å²) >= 11 is 0. The Balaban J connectivity index is 3.26. The van der Waals surface area contributed by atoms with Gasteiger partial charge in [-0.2, -0.15) is 13.2 Å². The molecule has 1 aromatic rings. The predicted octanol–water partition coefficient (Wildman–Crippen LogP) is 1.33. The van der Waals surface area contributed by atoms with Crippen LogP contribution in [0.4, 0.5) is 18.9 Å². The molecule has 19 heavy (non-hydrogen) atoms. The normalized spacial score (nSPS) is 11.2. The lowest BCUT2D eigenvalue weighted by atomic mass is 10.1. The second kappa shape index (κ2) is 5.17. The van der Waals surface area contributed by atoms with E-state index < -0.39 is 29.2 Å². The number of carbonyl (C=O) groups excluding carboxylic acids is 1. The van der Waals surface area contributed by atoms with Crippen molar-refractivity contribution in [3.05, 3.63) is 29.3 Å². The number of alkyl halides is 3. The molecule has 0 aromatic heterocycles. The predicted molar refractivity (Wildman–Crippen MR) is 60.9 cm³/mol. The Morgan fingerprint density at radius 1 is 1.37 bits per heavy atom. The highest BCUT2D eigenvalue weighted by Crippen LogP contribution is 2.34. The summed E-state index contributed by atoms with van der Waals surface area (Å²) in [5, 5.41) is 8.72. The number of nitrogens with zero attached hydrogens (tertiary/aromatic N) is 1. The van der Waals surface area contributed by atoms with Gasteiger partial charge >= 0.3 is 12.1 Å². The molecular weight excluding hydrogens is 265 g/mol. The van der Waals surface area contributed by atoms with Crippen molar-refractivity contribution in [2.75, 3.05) is 18.5 Å². The number of carboxylic acids is 1. The summed E-state index contributed by atoms with van der Waals surface area (Å²) in [6, 6.07) is 2.70. The lowest BCUT2D eigenvalue weighted by molar-refractivity contribution is -0.138. The lowest BCUT2D eigenvalue weighted by Gasteiger charge is -2.19. The highest BCUT2D eigenvalue weighted by molar-refractivity contribution is 5.90. The van der Waals surface area contributed by atoms with E-state index in [9.17, 15) is 22.8 Å². The van der Waals surface area contributed by atoms with E-state index in [-0.39, 0.29) is 12.2 Å². The number of anilines is 1. The summed E-state index contributed by atoms with van der Waals surface area (Å²) in [5.41, 5.74) is 2.87. The fraction of sp³-hybridized carbons (Fsp3) is 0.273. The summed E-state index contributed by atoms with van der Waals surface area (Å²) < 4.78 is 38.2. The molecule has 104 valence electrons. The molecule has 5 nitrogen and oxygen atoms in total. The van der Waals surface area contributed by atoms with Crippen LogP contribution in [-0.4, -0.2) is 30.6 Å². The van der Waals surface area contributed by atoms with Crippen LogP contribution in [0.25, 0.3) is 0 Å². The summed E-state index contributed by atoms with van der Waals surface area (Å²) in [6.07, 6.45) is -4.79. The number of benzene rings is 1. The van der Waals surface area contributed by atoms with Crippen molar-refractivity contribution < 1.29 is 27.9 Å². The molecule has 0 aliphatic heterocycles. The summed E-state index contributed by atoms with van der Waals surface area (Å²) in [5.74, 6) is -2.38. The first-order valence-corrected chi connectivity index (χ1v) is 5.07. The number of rotatable bonds is 4. The SMILES string of the molecule is CN(CC(N)=O)c1ccc(C(=O)O)c(C(F)(F)F)c1. The van der Waals surface area contributed by atoms with E-state index in [0.29, 0.717) is 6.07 Å². The topological polar surface area (TPSA) is 83.6 Å². The third-order valence-electron chi connectivity index (χ3n) is 2.37. The highest BCUT2D eigenvalue weighted by atomic mass is 19.4. The maximum absolute atomic E-state index is 12.7.